The summed E-state index contributed by atoms with van der Waals surface area (Å²) in [6.07, 6.45) is 0. The molecule has 0 N–H and O–H groups in total. The smallest absolute Gasteiger partial charge is 0.135 e. The molecule has 0 amide bonds. The van der Waals surface area contributed by atoms with Crippen molar-refractivity contribution in [3.05, 3.63) is 364 Å². The first kappa shape index (κ1) is 57.8. The quantitative estimate of drug-likeness (QED) is 0.149. The van der Waals surface area contributed by atoms with Gasteiger partial charge in [-0.05, 0) is 190 Å². The van der Waals surface area contributed by atoms with Gasteiger partial charge in [-0.1, -0.05) is 218 Å². The first-order chi connectivity index (χ1) is 50.6. The number of rotatable bonds is 8. The zero-order chi connectivity index (χ0) is 66.9. The molecule has 476 valence electrons. The number of aromatic nitrogens is 4. The third kappa shape index (κ3) is 9.24. The van der Waals surface area contributed by atoms with Gasteiger partial charge in [-0.25, -0.2) is 0 Å². The van der Waals surface area contributed by atoms with E-state index in [0.717, 1.165) is 39.0 Å². The van der Waals surface area contributed by atoms with E-state index in [-0.39, 0.29) is 0 Å². The van der Waals surface area contributed by atoms with Crippen LogP contribution < -0.4 is 0 Å². The van der Waals surface area contributed by atoms with E-state index in [9.17, 15) is 0 Å². The summed E-state index contributed by atoms with van der Waals surface area (Å²) < 4.78 is 18.4. The van der Waals surface area contributed by atoms with Gasteiger partial charge in [0.2, 0.25) is 0 Å². The minimum Gasteiger partial charge on any atom is -0.456 e. The molecule has 6 aromatic heterocycles. The lowest BCUT2D eigenvalue weighted by Gasteiger charge is -2.11. The Labute approximate surface area is 590 Å². The maximum absolute atomic E-state index is 6.16. The Balaban J connectivity index is 0.000000133. The highest BCUT2D eigenvalue weighted by Crippen LogP contribution is 2.44. The molecule has 0 fully saturated rings. The minimum atomic E-state index is 0.906. The Bertz CT molecular complexity index is 6710. The predicted molar refractivity (Wildman–Crippen MR) is 432 cm³/mol. The second kappa shape index (κ2) is 23.2. The Hall–Kier alpha value is -13.3. The highest BCUT2D eigenvalue weighted by Gasteiger charge is 2.21. The molecule has 0 aliphatic carbocycles. The fourth-order valence-electron chi connectivity index (χ4n) is 16.3. The van der Waals surface area contributed by atoms with E-state index >= 15 is 0 Å². The van der Waals surface area contributed by atoms with Gasteiger partial charge >= 0.3 is 0 Å². The topological polar surface area (TPSA) is 32.9 Å². The number of furan rings is 1. The highest BCUT2D eigenvalue weighted by atomic mass is 32.1. The Morgan fingerprint density at radius 1 is 0.167 bits per heavy atom. The molecule has 0 bridgehead atoms. The number of fused-ring (bicyclic) bond motifs is 18. The van der Waals surface area contributed by atoms with Gasteiger partial charge in [-0.3, -0.25) is 0 Å². The average molecular weight is 1320 g/mol. The molecular formula is C96H60N4OS. The molecule has 0 saturated carbocycles. The van der Waals surface area contributed by atoms with Crippen LogP contribution in [-0.2, 0) is 0 Å². The van der Waals surface area contributed by atoms with Crippen molar-refractivity contribution >= 4 is 141 Å². The van der Waals surface area contributed by atoms with Gasteiger partial charge in [0.05, 0.1) is 44.1 Å². The highest BCUT2D eigenvalue weighted by molar-refractivity contribution is 7.25. The number of hydrogen-bond donors (Lipinski definition) is 0. The largest absolute Gasteiger partial charge is 0.456 e. The zero-order valence-corrected chi connectivity index (χ0v) is 56.1. The minimum absolute atomic E-state index is 0.906. The monoisotopic (exact) mass is 1320 g/mol. The number of hydrogen-bond acceptors (Lipinski definition) is 2. The van der Waals surface area contributed by atoms with Crippen molar-refractivity contribution in [1.82, 2.24) is 18.3 Å². The van der Waals surface area contributed by atoms with Crippen LogP contribution in [0.2, 0.25) is 0 Å². The van der Waals surface area contributed by atoms with Gasteiger partial charge in [0.15, 0.2) is 0 Å². The molecule has 0 atom stereocenters. The summed E-state index contributed by atoms with van der Waals surface area (Å²) >= 11 is 1.86. The number of benzene rings is 16. The lowest BCUT2D eigenvalue weighted by molar-refractivity contribution is 0.669. The molecule has 0 unspecified atom stereocenters. The van der Waals surface area contributed by atoms with Crippen molar-refractivity contribution in [2.45, 2.75) is 0 Å². The van der Waals surface area contributed by atoms with Crippen LogP contribution in [0.5, 0.6) is 0 Å². The van der Waals surface area contributed by atoms with E-state index in [1.165, 1.54) is 158 Å². The van der Waals surface area contributed by atoms with Crippen molar-refractivity contribution in [3.8, 4) is 67.3 Å². The molecule has 16 aromatic carbocycles. The summed E-state index contributed by atoms with van der Waals surface area (Å²) in [4.78, 5) is 0. The molecule has 0 spiro atoms. The predicted octanol–water partition coefficient (Wildman–Crippen LogP) is 26.7. The fraction of sp³-hybridized carbons (Fsp3) is 0. The Morgan fingerprint density at radius 3 is 0.931 bits per heavy atom. The summed E-state index contributed by atoms with van der Waals surface area (Å²) in [5.41, 5.74) is 25.8. The molecule has 22 aromatic rings. The summed E-state index contributed by atoms with van der Waals surface area (Å²) in [5.74, 6) is 0. The van der Waals surface area contributed by atoms with Crippen LogP contribution in [0.25, 0.3) is 197 Å². The van der Waals surface area contributed by atoms with Crippen LogP contribution in [0.1, 0.15) is 0 Å². The van der Waals surface area contributed by atoms with Crippen LogP contribution in [-0.4, -0.2) is 18.3 Å². The molecule has 6 heteroatoms. The van der Waals surface area contributed by atoms with Gasteiger partial charge < -0.3 is 22.7 Å². The van der Waals surface area contributed by atoms with Crippen LogP contribution in [0.15, 0.2) is 368 Å². The third-order valence-electron chi connectivity index (χ3n) is 21.0. The summed E-state index contributed by atoms with van der Waals surface area (Å²) in [7, 11) is 0. The fourth-order valence-corrected chi connectivity index (χ4v) is 17.4. The van der Waals surface area contributed by atoms with Crippen LogP contribution >= 0.6 is 11.3 Å². The SMILES string of the molecule is c1ccc(-c2cccc(-n3c4ccccc4c4cc(-c5ccc6c(c5)c5ccccc5n6-c5ccc6oc7ccccc7c6c5)ccc43)c2)cc1.c1ccc(-c2cccc(-n3c4ccccc4c4cc(-c5ccc6c(c5)c5ccccc5n6-c5ccc6sc7ccccc7c6c5)ccc43)c2)cc1. The summed E-state index contributed by atoms with van der Waals surface area (Å²) in [6, 6.07) is 132. The van der Waals surface area contributed by atoms with E-state index in [0.29, 0.717) is 0 Å². The summed E-state index contributed by atoms with van der Waals surface area (Å²) in [5, 5.41) is 14.9. The lowest BCUT2D eigenvalue weighted by atomic mass is 10.0. The van der Waals surface area contributed by atoms with E-state index in [1.807, 2.05) is 23.5 Å². The van der Waals surface area contributed by atoms with Crippen molar-refractivity contribution in [2.24, 2.45) is 0 Å². The lowest BCUT2D eigenvalue weighted by Crippen LogP contribution is -1.94. The van der Waals surface area contributed by atoms with Crippen molar-refractivity contribution in [3.63, 3.8) is 0 Å². The van der Waals surface area contributed by atoms with E-state index in [1.54, 1.807) is 0 Å². The van der Waals surface area contributed by atoms with Crippen molar-refractivity contribution in [1.29, 1.82) is 0 Å². The van der Waals surface area contributed by atoms with E-state index < -0.39 is 0 Å². The first-order valence-corrected chi connectivity index (χ1v) is 35.7. The molecule has 0 aliphatic heterocycles. The molecule has 22 rings (SSSR count). The van der Waals surface area contributed by atoms with Crippen molar-refractivity contribution < 1.29 is 4.42 Å². The molecule has 0 aliphatic rings. The second-order valence-electron chi connectivity index (χ2n) is 26.7. The van der Waals surface area contributed by atoms with E-state index in [2.05, 4.69) is 370 Å². The molecule has 0 radical (unpaired) electrons. The normalized spacial score (nSPS) is 11.9. The van der Waals surface area contributed by atoms with Gasteiger partial charge in [0.1, 0.15) is 11.2 Å². The molecule has 102 heavy (non-hydrogen) atoms. The number of thiophene rings is 1. The van der Waals surface area contributed by atoms with Crippen LogP contribution in [0.4, 0.5) is 0 Å². The second-order valence-corrected chi connectivity index (χ2v) is 27.8. The molecular weight excluding hydrogens is 1260 g/mol. The Morgan fingerprint density at radius 2 is 0.480 bits per heavy atom. The van der Waals surface area contributed by atoms with Gasteiger partial charge in [-0.15, -0.1) is 11.3 Å². The first-order valence-electron chi connectivity index (χ1n) is 34.9. The molecule has 6 heterocycles. The van der Waals surface area contributed by atoms with Crippen LogP contribution in [0, 0.1) is 0 Å². The van der Waals surface area contributed by atoms with Gasteiger partial charge in [0.25, 0.3) is 0 Å². The summed E-state index contributed by atoms with van der Waals surface area (Å²) in [6.45, 7) is 0. The molecule has 0 saturated heterocycles. The van der Waals surface area contributed by atoms with Crippen molar-refractivity contribution in [2.75, 3.05) is 0 Å². The average Bonchev–Trinajstić information content (AvgIpc) is 1.60. The Kier molecular flexibility index (Phi) is 13.1. The van der Waals surface area contributed by atoms with E-state index in [4.69, 9.17) is 4.42 Å². The zero-order valence-electron chi connectivity index (χ0n) is 55.2. The third-order valence-corrected chi connectivity index (χ3v) is 22.2. The number of nitrogens with zero attached hydrogens (tertiary/aromatic N) is 4. The van der Waals surface area contributed by atoms with Crippen LogP contribution in [0.3, 0.4) is 0 Å². The molecule has 5 nitrogen and oxygen atoms in total. The van der Waals surface area contributed by atoms with Gasteiger partial charge in [0, 0.05) is 96.8 Å². The van der Waals surface area contributed by atoms with Gasteiger partial charge in [-0.2, -0.15) is 0 Å². The maximum atomic E-state index is 6.16. The maximum Gasteiger partial charge on any atom is 0.135 e. The number of para-hydroxylation sites is 5. The standard InChI is InChI=1S/C48H30N2O.C48H30N2S/c2*1-2-11-31(12-3-1)32-13-10-14-35(27-32)49-43-18-7-4-15-37(43)40-28-33(21-24-45(40)49)34-22-25-46-41(29-34)38-16-5-8-19-44(38)50(46)36-23-26-48-42(30-36)39-17-6-9-20-47(39)51-48/h2*1-30H.